The van der Waals surface area contributed by atoms with E-state index in [1.165, 1.54) is 0 Å². The molecule has 15 heavy (non-hydrogen) atoms. The molecule has 0 aliphatic heterocycles. The Hall–Kier alpha value is -0.690. The van der Waals surface area contributed by atoms with Gasteiger partial charge in [-0.2, -0.15) is 0 Å². The van der Waals surface area contributed by atoms with Crippen molar-refractivity contribution < 1.29 is 4.74 Å². The van der Waals surface area contributed by atoms with Crippen molar-refractivity contribution >= 4 is 38.5 Å². The Balaban J connectivity index is 2.22. The maximum Gasteiger partial charge on any atom is 0.321 e. The number of hydrogen-bond donors (Lipinski definition) is 0. The average molecular weight is 377 g/mol. The Bertz CT molecular complexity index is 461. The van der Waals surface area contributed by atoms with Crippen LogP contribution in [0.4, 0.5) is 0 Å². The van der Waals surface area contributed by atoms with E-state index in [0.29, 0.717) is 6.01 Å². The van der Waals surface area contributed by atoms with Gasteiger partial charge >= 0.3 is 6.01 Å². The van der Waals surface area contributed by atoms with Crippen LogP contribution in [0.5, 0.6) is 11.8 Å². The van der Waals surface area contributed by atoms with E-state index in [1.54, 1.807) is 12.4 Å². The number of aromatic nitrogens is 2. The third-order valence-electron chi connectivity index (χ3n) is 1.63. The van der Waals surface area contributed by atoms with Crippen LogP contribution in [0.25, 0.3) is 0 Å². The molecule has 0 amide bonds. The number of hydrogen-bond acceptors (Lipinski definition) is 3. The van der Waals surface area contributed by atoms with E-state index in [2.05, 4.69) is 48.5 Å². The molecule has 5 heteroatoms. The molecule has 0 fully saturated rings. The van der Waals surface area contributed by atoms with Crippen molar-refractivity contribution in [3.63, 3.8) is 0 Å². The fourth-order valence-corrected chi connectivity index (χ4v) is 1.68. The van der Waals surface area contributed by atoms with Crippen LogP contribution in [0.2, 0.25) is 0 Å². The monoisotopic (exact) mass is 376 g/mol. The van der Waals surface area contributed by atoms with E-state index in [0.717, 1.165) is 13.8 Å². The van der Waals surface area contributed by atoms with Crippen molar-refractivity contribution in [3.05, 3.63) is 44.7 Å². The van der Waals surface area contributed by atoms with Gasteiger partial charge in [0.25, 0.3) is 0 Å². The zero-order valence-electron chi connectivity index (χ0n) is 7.52. The summed E-state index contributed by atoms with van der Waals surface area (Å²) in [6.45, 7) is 0. The zero-order valence-corrected chi connectivity index (χ0v) is 11.3. The second-order valence-corrected chi connectivity index (χ2v) is 4.79. The van der Waals surface area contributed by atoms with Crippen molar-refractivity contribution in [2.45, 2.75) is 0 Å². The number of nitrogens with zero attached hydrogens (tertiary/aromatic N) is 2. The summed E-state index contributed by atoms with van der Waals surface area (Å²) in [5, 5.41) is 0. The molecule has 0 aliphatic rings. The van der Waals surface area contributed by atoms with Gasteiger partial charge in [-0.1, -0.05) is 12.1 Å². The van der Waals surface area contributed by atoms with Crippen LogP contribution in [-0.2, 0) is 0 Å². The van der Waals surface area contributed by atoms with Crippen LogP contribution in [0.15, 0.2) is 41.1 Å². The Morgan fingerprint density at radius 1 is 1.13 bits per heavy atom. The summed E-state index contributed by atoms with van der Waals surface area (Å²) >= 11 is 5.47. The molecule has 0 radical (unpaired) electrons. The van der Waals surface area contributed by atoms with Crippen molar-refractivity contribution in [2.24, 2.45) is 0 Å². The first kappa shape index (κ1) is 10.8. The molecule has 0 atom stereocenters. The predicted octanol–water partition coefficient (Wildman–Crippen LogP) is 3.64. The molecule has 0 saturated heterocycles. The smallest absolute Gasteiger partial charge is 0.321 e. The highest BCUT2D eigenvalue weighted by atomic mass is 127. The van der Waals surface area contributed by atoms with Gasteiger partial charge in [-0.25, -0.2) is 9.97 Å². The van der Waals surface area contributed by atoms with Gasteiger partial charge in [0.1, 0.15) is 5.75 Å². The standard InChI is InChI=1S/C10H6BrIN2O/c11-7-5-13-10(14-6-7)15-9-4-2-1-3-8(9)12/h1-6H. The van der Waals surface area contributed by atoms with Gasteiger partial charge in [-0.05, 0) is 50.7 Å². The minimum absolute atomic E-state index is 0.349. The zero-order chi connectivity index (χ0) is 10.7. The molecule has 3 nitrogen and oxygen atoms in total. The molecule has 0 N–H and O–H groups in total. The fourth-order valence-electron chi connectivity index (χ4n) is 0.979. The Morgan fingerprint density at radius 3 is 2.47 bits per heavy atom. The minimum Gasteiger partial charge on any atom is -0.423 e. The first-order valence-corrected chi connectivity index (χ1v) is 6.03. The first-order valence-electron chi connectivity index (χ1n) is 4.15. The van der Waals surface area contributed by atoms with Gasteiger partial charge in [0, 0.05) is 12.4 Å². The highest BCUT2D eigenvalue weighted by molar-refractivity contribution is 14.1. The fraction of sp³-hybridized carbons (Fsp3) is 0. The van der Waals surface area contributed by atoms with Gasteiger partial charge in [0.05, 0.1) is 8.04 Å². The predicted molar refractivity (Wildman–Crippen MR) is 69.0 cm³/mol. The summed E-state index contributed by atoms with van der Waals surface area (Å²) in [4.78, 5) is 8.06. The van der Waals surface area contributed by atoms with Gasteiger partial charge in [-0.3, -0.25) is 0 Å². The molecule has 1 aromatic carbocycles. The Labute approximate surface area is 109 Å². The van der Waals surface area contributed by atoms with E-state index < -0.39 is 0 Å². The number of para-hydroxylation sites is 1. The topological polar surface area (TPSA) is 35.0 Å². The lowest BCUT2D eigenvalue weighted by molar-refractivity contribution is 0.438. The second-order valence-electron chi connectivity index (χ2n) is 2.72. The summed E-state index contributed by atoms with van der Waals surface area (Å²) in [6.07, 6.45) is 3.30. The maximum atomic E-state index is 5.51. The Morgan fingerprint density at radius 2 is 1.80 bits per heavy atom. The lowest BCUT2D eigenvalue weighted by atomic mass is 10.3. The van der Waals surface area contributed by atoms with E-state index in [1.807, 2.05) is 24.3 Å². The molecule has 2 aromatic rings. The van der Waals surface area contributed by atoms with Crippen molar-refractivity contribution in [2.75, 3.05) is 0 Å². The number of ether oxygens (including phenoxy) is 1. The summed E-state index contributed by atoms with van der Waals surface area (Å²) in [5.41, 5.74) is 0. The molecule has 1 heterocycles. The van der Waals surface area contributed by atoms with Crippen molar-refractivity contribution in [1.82, 2.24) is 9.97 Å². The van der Waals surface area contributed by atoms with Gasteiger partial charge in [0.2, 0.25) is 0 Å². The molecule has 0 aliphatic carbocycles. The van der Waals surface area contributed by atoms with Gasteiger partial charge in [-0.15, -0.1) is 0 Å². The van der Waals surface area contributed by atoms with Crippen LogP contribution >= 0.6 is 38.5 Å². The largest absolute Gasteiger partial charge is 0.423 e. The first-order chi connectivity index (χ1) is 7.25. The summed E-state index contributed by atoms with van der Waals surface area (Å²) in [6, 6.07) is 8.07. The minimum atomic E-state index is 0.349. The molecule has 0 spiro atoms. The highest BCUT2D eigenvalue weighted by Crippen LogP contribution is 2.23. The van der Waals surface area contributed by atoms with Gasteiger partial charge < -0.3 is 4.74 Å². The molecule has 0 bridgehead atoms. The van der Waals surface area contributed by atoms with E-state index in [4.69, 9.17) is 4.74 Å². The average Bonchev–Trinajstić information content (AvgIpc) is 2.25. The molecule has 76 valence electrons. The third kappa shape index (κ3) is 2.88. The van der Waals surface area contributed by atoms with Crippen molar-refractivity contribution in [3.8, 4) is 11.8 Å². The molecule has 0 saturated carbocycles. The normalized spacial score (nSPS) is 10.0. The lowest BCUT2D eigenvalue weighted by Gasteiger charge is -2.04. The maximum absolute atomic E-state index is 5.51. The van der Waals surface area contributed by atoms with Gasteiger partial charge in [0.15, 0.2) is 0 Å². The lowest BCUT2D eigenvalue weighted by Crippen LogP contribution is -1.92. The third-order valence-corrected chi connectivity index (χ3v) is 2.94. The molecule has 2 rings (SSSR count). The highest BCUT2D eigenvalue weighted by Gasteiger charge is 2.02. The summed E-state index contributed by atoms with van der Waals surface area (Å²) < 4.78 is 7.37. The van der Waals surface area contributed by atoms with E-state index in [-0.39, 0.29) is 0 Å². The van der Waals surface area contributed by atoms with E-state index >= 15 is 0 Å². The quantitative estimate of drug-likeness (QED) is 0.750. The molecular formula is C10H6BrIN2O. The second kappa shape index (κ2) is 4.89. The summed E-state index contributed by atoms with van der Waals surface area (Å²) in [7, 11) is 0. The van der Waals surface area contributed by atoms with Crippen LogP contribution in [0.1, 0.15) is 0 Å². The molecular weight excluding hydrogens is 371 g/mol. The van der Waals surface area contributed by atoms with E-state index in [9.17, 15) is 0 Å². The summed E-state index contributed by atoms with van der Waals surface area (Å²) in [5.74, 6) is 0.764. The SMILES string of the molecule is Brc1cnc(Oc2ccccc2I)nc1. The number of rotatable bonds is 2. The van der Waals surface area contributed by atoms with Crippen LogP contribution in [0, 0.1) is 3.57 Å². The molecule has 0 unspecified atom stereocenters. The number of halogens is 2. The van der Waals surface area contributed by atoms with Crippen molar-refractivity contribution in [1.29, 1.82) is 0 Å². The molecule has 1 aromatic heterocycles. The van der Waals surface area contributed by atoms with Crippen LogP contribution in [0.3, 0.4) is 0 Å². The van der Waals surface area contributed by atoms with Crippen LogP contribution < -0.4 is 4.74 Å². The number of benzene rings is 1. The van der Waals surface area contributed by atoms with Crippen LogP contribution in [-0.4, -0.2) is 9.97 Å². The Kier molecular flexibility index (Phi) is 3.53.